The molecule has 2 aromatic rings. The van der Waals surface area contributed by atoms with E-state index in [0.29, 0.717) is 21.8 Å². The number of hydrogen-bond donors (Lipinski definition) is 2. The van der Waals surface area contributed by atoms with E-state index in [2.05, 4.69) is 31.2 Å². The Morgan fingerprint density at radius 3 is 2.56 bits per heavy atom. The van der Waals surface area contributed by atoms with Gasteiger partial charge in [0.1, 0.15) is 5.82 Å². The molecule has 0 aliphatic rings. The maximum Gasteiger partial charge on any atom is 0.227 e. The Morgan fingerprint density at radius 1 is 1.25 bits per heavy atom. The molecule has 2 rings (SSSR count). The van der Waals surface area contributed by atoms with Gasteiger partial charge in [0, 0.05) is 5.69 Å². The van der Waals surface area contributed by atoms with E-state index in [-0.39, 0.29) is 5.82 Å². The second-order valence-electron chi connectivity index (χ2n) is 3.09. The van der Waals surface area contributed by atoms with Crippen molar-refractivity contribution >= 4 is 33.3 Å². The van der Waals surface area contributed by atoms with Crippen molar-refractivity contribution < 1.29 is 4.39 Å². The summed E-state index contributed by atoms with van der Waals surface area (Å²) in [5, 5.41) is 2.92. The fourth-order valence-corrected chi connectivity index (χ4v) is 1.48. The molecule has 0 bridgehead atoms. The van der Waals surface area contributed by atoms with Crippen LogP contribution in [0, 0.1) is 5.82 Å². The number of benzene rings is 1. The first kappa shape index (κ1) is 10.8. The Balaban J connectivity index is 2.20. The highest BCUT2D eigenvalue weighted by atomic mass is 79.9. The van der Waals surface area contributed by atoms with Gasteiger partial charge in [-0.3, -0.25) is 0 Å². The summed E-state index contributed by atoms with van der Waals surface area (Å²) in [4.78, 5) is 7.94. The fourth-order valence-electron chi connectivity index (χ4n) is 1.11. The van der Waals surface area contributed by atoms with E-state index in [9.17, 15) is 4.39 Å². The van der Waals surface area contributed by atoms with Crippen LogP contribution in [-0.2, 0) is 0 Å². The Bertz CT molecular complexity index is 501. The van der Waals surface area contributed by atoms with Crippen LogP contribution >= 0.6 is 15.9 Å². The highest BCUT2D eigenvalue weighted by Crippen LogP contribution is 2.21. The van der Waals surface area contributed by atoms with E-state index < -0.39 is 0 Å². The van der Waals surface area contributed by atoms with Crippen molar-refractivity contribution in [3.8, 4) is 0 Å². The average molecular weight is 283 g/mol. The molecule has 1 aromatic carbocycles. The van der Waals surface area contributed by atoms with Gasteiger partial charge >= 0.3 is 0 Å². The van der Waals surface area contributed by atoms with Crippen LogP contribution in [-0.4, -0.2) is 9.97 Å². The normalized spacial score (nSPS) is 10.1. The van der Waals surface area contributed by atoms with Gasteiger partial charge in [-0.1, -0.05) is 0 Å². The molecule has 0 aliphatic carbocycles. The number of halogens is 2. The molecule has 1 heterocycles. The van der Waals surface area contributed by atoms with Crippen LogP contribution in [0.4, 0.5) is 21.7 Å². The van der Waals surface area contributed by atoms with Crippen LogP contribution in [0.25, 0.3) is 0 Å². The molecule has 0 spiro atoms. The van der Waals surface area contributed by atoms with Gasteiger partial charge < -0.3 is 11.1 Å². The number of aromatic nitrogens is 2. The first-order valence-corrected chi connectivity index (χ1v) is 5.24. The standard InChI is InChI=1S/C10H8BrFN4/c11-8-3-7(1-2-9(8)12)16-10-14-4-6(13)5-15-10/h1-5H,13H2,(H,14,15,16). The van der Waals surface area contributed by atoms with Gasteiger partial charge in [-0.15, -0.1) is 0 Å². The van der Waals surface area contributed by atoms with E-state index in [1.54, 1.807) is 12.1 Å². The molecule has 0 radical (unpaired) electrons. The van der Waals surface area contributed by atoms with E-state index in [1.807, 2.05) is 0 Å². The fraction of sp³-hybridized carbons (Fsp3) is 0. The highest BCUT2D eigenvalue weighted by Gasteiger charge is 2.01. The van der Waals surface area contributed by atoms with E-state index in [1.165, 1.54) is 18.5 Å². The lowest BCUT2D eigenvalue weighted by molar-refractivity contribution is 0.621. The van der Waals surface area contributed by atoms with Crippen molar-refractivity contribution in [1.29, 1.82) is 0 Å². The maximum atomic E-state index is 13.0. The molecular weight excluding hydrogens is 275 g/mol. The van der Waals surface area contributed by atoms with E-state index in [0.717, 1.165) is 0 Å². The minimum absolute atomic E-state index is 0.316. The molecule has 0 saturated carbocycles. The third kappa shape index (κ3) is 2.46. The van der Waals surface area contributed by atoms with Gasteiger partial charge in [0.2, 0.25) is 5.95 Å². The number of nitrogens with zero attached hydrogens (tertiary/aromatic N) is 2. The molecule has 0 atom stereocenters. The zero-order valence-corrected chi connectivity index (χ0v) is 9.70. The third-order valence-electron chi connectivity index (χ3n) is 1.85. The zero-order chi connectivity index (χ0) is 11.5. The maximum absolute atomic E-state index is 13.0. The topological polar surface area (TPSA) is 63.8 Å². The minimum atomic E-state index is -0.316. The van der Waals surface area contributed by atoms with E-state index in [4.69, 9.17) is 5.73 Å². The number of nitrogens with one attached hydrogen (secondary N) is 1. The number of rotatable bonds is 2. The third-order valence-corrected chi connectivity index (χ3v) is 2.46. The van der Waals surface area contributed by atoms with Crippen LogP contribution < -0.4 is 11.1 Å². The van der Waals surface area contributed by atoms with Gasteiger partial charge in [0.25, 0.3) is 0 Å². The minimum Gasteiger partial charge on any atom is -0.396 e. The molecule has 1 aromatic heterocycles. The molecule has 6 heteroatoms. The quantitative estimate of drug-likeness (QED) is 0.889. The Morgan fingerprint density at radius 2 is 1.94 bits per heavy atom. The predicted molar refractivity (Wildman–Crippen MR) is 63.8 cm³/mol. The van der Waals surface area contributed by atoms with Crippen molar-refractivity contribution in [3.63, 3.8) is 0 Å². The summed E-state index contributed by atoms with van der Waals surface area (Å²) in [5.41, 5.74) is 6.64. The summed E-state index contributed by atoms with van der Waals surface area (Å²) in [6.07, 6.45) is 2.99. The summed E-state index contributed by atoms with van der Waals surface area (Å²) in [7, 11) is 0. The van der Waals surface area contributed by atoms with Crippen LogP contribution in [0.15, 0.2) is 35.1 Å². The molecule has 0 unspecified atom stereocenters. The summed E-state index contributed by atoms with van der Waals surface area (Å²) in [5.74, 6) is 0.0940. The second-order valence-corrected chi connectivity index (χ2v) is 3.95. The van der Waals surface area contributed by atoms with Crippen molar-refractivity contribution in [3.05, 3.63) is 40.9 Å². The smallest absolute Gasteiger partial charge is 0.227 e. The summed E-state index contributed by atoms with van der Waals surface area (Å²) >= 11 is 3.10. The summed E-state index contributed by atoms with van der Waals surface area (Å²) in [6, 6.07) is 4.55. The van der Waals surface area contributed by atoms with Crippen LogP contribution in [0.3, 0.4) is 0 Å². The Kier molecular flexibility index (Phi) is 3.00. The summed E-state index contributed by atoms with van der Waals surface area (Å²) in [6.45, 7) is 0. The monoisotopic (exact) mass is 282 g/mol. The molecule has 3 N–H and O–H groups in total. The average Bonchev–Trinajstić information content (AvgIpc) is 2.27. The molecule has 82 valence electrons. The lowest BCUT2D eigenvalue weighted by Crippen LogP contribution is -1.98. The summed E-state index contributed by atoms with van der Waals surface area (Å²) < 4.78 is 13.4. The molecular formula is C10H8BrFN4. The SMILES string of the molecule is Nc1cnc(Nc2ccc(F)c(Br)c2)nc1. The van der Waals surface area contributed by atoms with Crippen LogP contribution in [0.1, 0.15) is 0 Å². The molecule has 16 heavy (non-hydrogen) atoms. The lowest BCUT2D eigenvalue weighted by Gasteiger charge is -2.05. The number of anilines is 3. The molecule has 0 fully saturated rings. The number of nitrogens with two attached hydrogens (primary N) is 1. The molecule has 4 nitrogen and oxygen atoms in total. The van der Waals surface area contributed by atoms with Gasteiger partial charge in [0.15, 0.2) is 0 Å². The van der Waals surface area contributed by atoms with Gasteiger partial charge in [-0.25, -0.2) is 14.4 Å². The van der Waals surface area contributed by atoms with E-state index >= 15 is 0 Å². The number of nitrogen functional groups attached to an aromatic ring is 1. The number of hydrogen-bond acceptors (Lipinski definition) is 4. The lowest BCUT2D eigenvalue weighted by atomic mass is 10.3. The second kappa shape index (κ2) is 4.44. The first-order valence-electron chi connectivity index (χ1n) is 4.45. The Labute approximate surface area is 99.9 Å². The molecule has 0 saturated heterocycles. The molecule has 0 amide bonds. The zero-order valence-electron chi connectivity index (χ0n) is 8.11. The van der Waals surface area contributed by atoms with Crippen molar-refractivity contribution in [1.82, 2.24) is 9.97 Å². The Hall–Kier alpha value is -1.69. The highest BCUT2D eigenvalue weighted by molar-refractivity contribution is 9.10. The first-order chi connectivity index (χ1) is 7.65. The van der Waals surface area contributed by atoms with Crippen LogP contribution in [0.2, 0.25) is 0 Å². The van der Waals surface area contributed by atoms with Crippen molar-refractivity contribution in [2.24, 2.45) is 0 Å². The van der Waals surface area contributed by atoms with Crippen molar-refractivity contribution in [2.45, 2.75) is 0 Å². The van der Waals surface area contributed by atoms with Gasteiger partial charge in [0.05, 0.1) is 22.6 Å². The molecule has 0 aliphatic heterocycles. The predicted octanol–water partition coefficient (Wildman–Crippen LogP) is 2.70. The van der Waals surface area contributed by atoms with Crippen LogP contribution in [0.5, 0.6) is 0 Å². The van der Waals surface area contributed by atoms with Gasteiger partial charge in [-0.2, -0.15) is 0 Å². The van der Waals surface area contributed by atoms with Crippen molar-refractivity contribution in [2.75, 3.05) is 11.1 Å². The van der Waals surface area contributed by atoms with Gasteiger partial charge in [-0.05, 0) is 34.1 Å². The largest absolute Gasteiger partial charge is 0.396 e.